The van der Waals surface area contributed by atoms with Crippen molar-refractivity contribution in [1.29, 1.82) is 0 Å². The number of aromatic nitrogens is 1. The second-order valence-corrected chi connectivity index (χ2v) is 34.7. The zero-order valence-electron chi connectivity index (χ0n) is 68.5. The monoisotopic (exact) mass is 1670 g/mol. The number of amides is 13. The van der Waals surface area contributed by atoms with Gasteiger partial charge in [0.15, 0.2) is 0 Å². The molecule has 3 aliphatic heterocycles. The molecule has 630 valence electrons. The van der Waals surface area contributed by atoms with Crippen LogP contribution in [0.15, 0.2) is 112 Å². The van der Waals surface area contributed by atoms with Gasteiger partial charge in [0.2, 0.25) is 59.1 Å². The van der Waals surface area contributed by atoms with Crippen molar-refractivity contribution < 1.29 is 71.7 Å². The minimum Gasteiger partial charge on any atom is -0.445 e. The lowest BCUT2D eigenvalue weighted by Crippen LogP contribution is -2.60. The fraction of sp³-hybridized carbons (Fsp3) is 0.573. The van der Waals surface area contributed by atoms with Crippen molar-refractivity contribution in [2.75, 3.05) is 89.7 Å². The first-order valence-corrected chi connectivity index (χ1v) is 43.5. The number of rotatable bonds is 38. The number of hydrogen-bond acceptors (Lipinski definition) is 20. The van der Waals surface area contributed by atoms with E-state index in [9.17, 15) is 57.5 Å². The molecular formula is C82H118N14O15S4. The maximum atomic E-state index is 15.0. The molecule has 2 aromatic carbocycles. The Morgan fingerprint density at radius 2 is 1.40 bits per heavy atom. The van der Waals surface area contributed by atoms with E-state index in [2.05, 4.69) is 43.0 Å². The van der Waals surface area contributed by atoms with Crippen LogP contribution in [0.1, 0.15) is 142 Å². The van der Waals surface area contributed by atoms with E-state index in [1.54, 1.807) is 106 Å². The third kappa shape index (κ3) is 28.3. The largest absolute Gasteiger partial charge is 0.445 e. The van der Waals surface area contributed by atoms with Crippen molar-refractivity contribution >= 4 is 124 Å². The van der Waals surface area contributed by atoms with Crippen molar-refractivity contribution in [2.45, 2.75) is 188 Å². The molecule has 8 N–H and O–H groups in total. The number of thioether (sulfide) groups is 3. The number of anilines is 1. The molecule has 29 nitrogen and oxygen atoms in total. The second kappa shape index (κ2) is 46.8. The van der Waals surface area contributed by atoms with Gasteiger partial charge in [-0.3, -0.25) is 52.8 Å². The van der Waals surface area contributed by atoms with Gasteiger partial charge in [-0.25, -0.2) is 14.6 Å². The molecule has 4 bridgehead atoms. The number of benzene rings is 2. The first-order chi connectivity index (χ1) is 54.9. The number of urea groups is 1. The molecule has 0 saturated carbocycles. The van der Waals surface area contributed by atoms with E-state index in [4.69, 9.17) is 19.9 Å². The highest BCUT2D eigenvalue weighted by atomic mass is 32.2. The van der Waals surface area contributed by atoms with Crippen LogP contribution in [0.4, 0.5) is 15.3 Å². The number of likely N-dealkylation sites (N-methyl/N-ethyl adjacent to an activating group) is 2. The molecule has 7 rings (SSSR count). The average molecular weight is 1670 g/mol. The summed E-state index contributed by atoms with van der Waals surface area (Å²) in [5.74, 6) is -4.90. The standard InChI is InChI=1S/C82H118N14O15S4/c1-14-54(8)73(64(109-12)45-69(101)96-38-22-28-63(96)74(110-13)55(9)75(102)88-62(79-84-37-42-115-79)43-56-23-17-15-18-24-56)91(10)80(106)71(52(4)5)90-78(105)72(53(6)7)92(11)82(108)111-46-57-29-31-58(32-30-57)86-76(103)61(27-21-36-85-81(83)107)87-77(104)70(51(2)3)89-65(97)47-112-39-33-66(98)93-48-94-50-95(49-93)68(100)35-41-114-60-26-20-16-19-25-59(44-60)113-40-34-67(94)99/h15-20,23-26,29-32,37,42,44,51-55,61-64,70-74H,14,21-22,27-28,33-36,38-41,43,45-50H2,1-13H3,(H,86,103)(H,87,104)(H,88,102)(H,89,97)(H,90,105)(H3,83,85,107)/b19-16-,20-16?,25-19?,26-20+,59-25-,59-44?,60-26?,60-44+/t54-,55+,61-,62-,63-,64+,70-,71-,72-,73-,74+/m0/s1. The SMILES string of the molecule is CC[C@H](C)[C@@H]([C@@H](CC(=O)N1CCC[C@H]1[C@H](OC)[C@@H](C)C(=O)N[C@@H](Cc1ccccc1)c1nccs1)OC)N(C)C(=O)[C@@H](NC(=O)[C@H](C(C)C)N(C)C(=O)OCc1ccc(NC(=O)[C@H](CCCNC(N)=O)NC(=O)[C@@H](NC(=O)CSCCC(=O)N2CN3CN(C2)C(=O)CCSC2=C/C(=C/C=C\C=C\2)SCCC3=O)C(C)C)cc1)C(C)C. The number of primary amides is 1. The van der Waals surface area contributed by atoms with E-state index >= 15 is 0 Å². The Morgan fingerprint density at radius 1 is 0.722 bits per heavy atom. The first kappa shape index (κ1) is 93.4. The fourth-order valence-corrected chi connectivity index (χ4v) is 17.6. The van der Waals surface area contributed by atoms with E-state index in [-0.39, 0.29) is 125 Å². The van der Waals surface area contributed by atoms with Gasteiger partial charge in [-0.05, 0) is 97.3 Å². The van der Waals surface area contributed by atoms with Gasteiger partial charge in [0.05, 0.1) is 68.4 Å². The second-order valence-electron chi connectivity index (χ2n) is 30.3. The quantitative estimate of drug-likeness (QED) is 0.0264. The van der Waals surface area contributed by atoms with Crippen molar-refractivity contribution in [3.63, 3.8) is 0 Å². The predicted molar refractivity (Wildman–Crippen MR) is 449 cm³/mol. The normalized spacial score (nSPS) is 19.5. The number of fused-ring (bicyclic) bond motifs is 3. The van der Waals surface area contributed by atoms with Gasteiger partial charge in [0, 0.05) is 105 Å². The van der Waals surface area contributed by atoms with Crippen molar-refractivity contribution in [2.24, 2.45) is 35.3 Å². The zero-order valence-corrected chi connectivity index (χ0v) is 71.8. The molecule has 2 fully saturated rings. The van der Waals surface area contributed by atoms with Gasteiger partial charge in [0.1, 0.15) is 35.8 Å². The summed E-state index contributed by atoms with van der Waals surface area (Å²) in [7, 11) is 6.15. The first-order valence-electron chi connectivity index (χ1n) is 39.4. The molecule has 3 aromatic rings. The van der Waals surface area contributed by atoms with Crippen LogP contribution < -0.4 is 37.6 Å². The highest BCUT2D eigenvalue weighted by Gasteiger charge is 2.45. The number of hydrogen-bond donors (Lipinski definition) is 7. The van der Waals surface area contributed by atoms with E-state index in [1.165, 1.54) is 56.9 Å². The lowest BCUT2D eigenvalue weighted by molar-refractivity contribution is -0.158. The molecule has 13 amide bonds. The summed E-state index contributed by atoms with van der Waals surface area (Å²) >= 11 is 5.77. The Bertz CT molecular complexity index is 3870. The molecule has 4 heterocycles. The van der Waals surface area contributed by atoms with Crippen LogP contribution in [0, 0.1) is 29.6 Å². The van der Waals surface area contributed by atoms with Crippen LogP contribution in [0.25, 0.3) is 0 Å². The third-order valence-corrected chi connectivity index (χ3v) is 24.7. The van der Waals surface area contributed by atoms with Crippen LogP contribution in [0.5, 0.6) is 0 Å². The lowest BCUT2D eigenvalue weighted by Gasteiger charge is -2.42. The number of allylic oxidation sites excluding steroid dienone is 6. The summed E-state index contributed by atoms with van der Waals surface area (Å²) < 4.78 is 18.0. The molecule has 0 spiro atoms. The van der Waals surface area contributed by atoms with Gasteiger partial charge < -0.3 is 76.3 Å². The van der Waals surface area contributed by atoms with Crippen molar-refractivity contribution in [1.82, 2.24) is 61.0 Å². The van der Waals surface area contributed by atoms with Crippen LogP contribution in [-0.2, 0) is 75.2 Å². The number of methoxy groups -OCH3 is 2. The van der Waals surface area contributed by atoms with Crippen molar-refractivity contribution in [3.05, 3.63) is 129 Å². The number of thiazole rings is 1. The lowest BCUT2D eigenvalue weighted by atomic mass is 9.89. The molecular weight excluding hydrogens is 1550 g/mol. The van der Waals surface area contributed by atoms with E-state index in [0.29, 0.717) is 55.0 Å². The summed E-state index contributed by atoms with van der Waals surface area (Å²) in [5, 5.41) is 19.7. The molecule has 115 heavy (non-hydrogen) atoms. The number of ether oxygens (including phenoxy) is 3. The molecule has 0 radical (unpaired) electrons. The summed E-state index contributed by atoms with van der Waals surface area (Å²) in [6.45, 7) is 16.8. The molecule has 0 unspecified atom stereocenters. The van der Waals surface area contributed by atoms with E-state index in [0.717, 1.165) is 20.4 Å². The Hall–Kier alpha value is -8.76. The fourth-order valence-electron chi connectivity index (χ4n) is 14.4. The minimum absolute atomic E-state index is 0.00962. The zero-order chi connectivity index (χ0) is 84.0. The molecule has 33 heteroatoms. The van der Waals surface area contributed by atoms with Gasteiger partial charge in [-0.1, -0.05) is 129 Å². The van der Waals surface area contributed by atoms with Crippen LogP contribution >= 0.6 is 46.6 Å². The number of nitrogens with one attached hydrogen (secondary N) is 6. The average Bonchev–Trinajstić information content (AvgIpc) is 1.78. The van der Waals surface area contributed by atoms with Crippen LogP contribution in [0.3, 0.4) is 0 Å². The molecule has 1 aliphatic carbocycles. The Kier molecular flexibility index (Phi) is 38.0. The Balaban J connectivity index is 0.901. The Labute approximate surface area is 693 Å². The summed E-state index contributed by atoms with van der Waals surface area (Å²) in [6, 6.07) is 9.64. The van der Waals surface area contributed by atoms with Gasteiger partial charge in [-0.15, -0.1) is 34.9 Å². The van der Waals surface area contributed by atoms with Gasteiger partial charge >= 0.3 is 12.1 Å². The number of likely N-dealkylation sites (tertiary alicyclic amines) is 1. The topological polar surface area (TPSA) is 363 Å². The maximum absolute atomic E-state index is 15.0. The predicted octanol–water partition coefficient (Wildman–Crippen LogP) is 8.56. The van der Waals surface area contributed by atoms with Crippen LogP contribution in [-0.4, -0.2) is 238 Å². The van der Waals surface area contributed by atoms with E-state index in [1.807, 2.05) is 101 Å². The smallest absolute Gasteiger partial charge is 0.410 e. The molecule has 2 saturated heterocycles. The number of carbonyl (C=O) groups excluding carboxylic acids is 12. The van der Waals surface area contributed by atoms with Crippen LogP contribution in [0.2, 0.25) is 0 Å². The number of nitrogens with two attached hydrogens (primary N) is 1. The Morgan fingerprint density at radius 3 is 2.02 bits per heavy atom. The summed E-state index contributed by atoms with van der Waals surface area (Å²) in [6.07, 6.45) is 14.4. The molecule has 11 atom stereocenters. The van der Waals surface area contributed by atoms with Crippen molar-refractivity contribution in [3.8, 4) is 0 Å². The highest BCUT2D eigenvalue weighted by molar-refractivity contribution is 8.04. The van der Waals surface area contributed by atoms with Gasteiger partial charge in [-0.2, -0.15) is 11.8 Å². The third-order valence-electron chi connectivity index (χ3n) is 20.9. The summed E-state index contributed by atoms with van der Waals surface area (Å²) in [5.41, 5.74) is 7.19. The molecule has 1 aromatic heterocycles. The molecule has 4 aliphatic rings. The summed E-state index contributed by atoms with van der Waals surface area (Å²) in [4.78, 5) is 182. The number of carbonyl (C=O) groups is 12. The highest BCUT2D eigenvalue weighted by Crippen LogP contribution is 2.33. The number of nitrogens with zero attached hydrogens (tertiary/aromatic N) is 7. The minimum atomic E-state index is -1.16. The van der Waals surface area contributed by atoms with Gasteiger partial charge in [0.25, 0.3) is 0 Å². The maximum Gasteiger partial charge on any atom is 0.410 e. The van der Waals surface area contributed by atoms with E-state index < -0.39 is 114 Å².